The number of amides is 1. The molecule has 5 heteroatoms. The molecule has 1 aromatic carbocycles. The molecule has 0 unspecified atom stereocenters. The molecule has 19 heavy (non-hydrogen) atoms. The summed E-state index contributed by atoms with van der Waals surface area (Å²) in [5.74, 6) is -1.20. The number of rotatable bonds is 5. The van der Waals surface area contributed by atoms with Crippen molar-refractivity contribution >= 4 is 11.9 Å². The molecule has 2 N–H and O–H groups in total. The fourth-order valence-electron chi connectivity index (χ4n) is 1.70. The van der Waals surface area contributed by atoms with E-state index in [1.165, 1.54) is 0 Å². The van der Waals surface area contributed by atoms with Crippen LogP contribution in [0.3, 0.4) is 0 Å². The van der Waals surface area contributed by atoms with Gasteiger partial charge in [0.15, 0.2) is 0 Å². The summed E-state index contributed by atoms with van der Waals surface area (Å²) in [6.45, 7) is 0.127. The molecule has 98 valence electrons. The Kier molecular flexibility index (Phi) is 3.97. The molecule has 2 aromatic rings. The third kappa shape index (κ3) is 3.45. The molecule has 2 rings (SSSR count). The second-order valence-corrected chi connectivity index (χ2v) is 4.04. The van der Waals surface area contributed by atoms with Gasteiger partial charge in [0.1, 0.15) is 0 Å². The SMILES string of the molecule is O=C(O)CCNC(=O)c1cccc(-n2cccc2)c1. The molecule has 5 nitrogen and oxygen atoms in total. The van der Waals surface area contributed by atoms with Gasteiger partial charge in [0.2, 0.25) is 0 Å². The van der Waals surface area contributed by atoms with Crippen LogP contribution in [0.4, 0.5) is 0 Å². The van der Waals surface area contributed by atoms with Crippen molar-refractivity contribution in [2.45, 2.75) is 6.42 Å². The Labute approximate surface area is 110 Å². The van der Waals surface area contributed by atoms with E-state index in [0.717, 1.165) is 5.69 Å². The van der Waals surface area contributed by atoms with Crippen molar-refractivity contribution in [2.75, 3.05) is 6.54 Å². The highest BCUT2D eigenvalue weighted by Crippen LogP contribution is 2.10. The normalized spacial score (nSPS) is 10.1. The summed E-state index contributed by atoms with van der Waals surface area (Å²) < 4.78 is 1.90. The van der Waals surface area contributed by atoms with E-state index in [2.05, 4.69) is 5.32 Å². The van der Waals surface area contributed by atoms with Crippen LogP contribution in [0, 0.1) is 0 Å². The summed E-state index contributed by atoms with van der Waals surface area (Å²) in [6.07, 6.45) is 3.70. The van der Waals surface area contributed by atoms with Crippen molar-refractivity contribution < 1.29 is 14.7 Å². The minimum Gasteiger partial charge on any atom is -0.481 e. The Morgan fingerprint density at radius 3 is 2.58 bits per heavy atom. The number of carbonyl (C=O) groups is 2. The summed E-state index contributed by atoms with van der Waals surface area (Å²) in [5, 5.41) is 11.1. The fraction of sp³-hybridized carbons (Fsp3) is 0.143. The number of benzene rings is 1. The Morgan fingerprint density at radius 2 is 1.89 bits per heavy atom. The molecule has 0 spiro atoms. The minimum atomic E-state index is -0.929. The monoisotopic (exact) mass is 258 g/mol. The van der Waals surface area contributed by atoms with Gasteiger partial charge in [-0.05, 0) is 30.3 Å². The lowest BCUT2D eigenvalue weighted by molar-refractivity contribution is -0.136. The van der Waals surface area contributed by atoms with Crippen LogP contribution in [-0.2, 0) is 4.79 Å². The zero-order valence-electron chi connectivity index (χ0n) is 10.2. The van der Waals surface area contributed by atoms with Crippen LogP contribution < -0.4 is 5.32 Å². The zero-order chi connectivity index (χ0) is 13.7. The van der Waals surface area contributed by atoms with Crippen molar-refractivity contribution in [1.29, 1.82) is 0 Å². The van der Waals surface area contributed by atoms with Crippen LogP contribution in [0.25, 0.3) is 5.69 Å². The van der Waals surface area contributed by atoms with Crippen LogP contribution in [-0.4, -0.2) is 28.1 Å². The van der Waals surface area contributed by atoms with E-state index < -0.39 is 5.97 Å². The zero-order valence-corrected chi connectivity index (χ0v) is 10.2. The van der Waals surface area contributed by atoms with Crippen molar-refractivity contribution in [2.24, 2.45) is 0 Å². The molecule has 0 saturated carbocycles. The molecule has 0 saturated heterocycles. The van der Waals surface area contributed by atoms with Gasteiger partial charge in [-0.1, -0.05) is 6.07 Å². The molecule has 0 atom stereocenters. The van der Waals surface area contributed by atoms with E-state index in [1.807, 2.05) is 35.2 Å². The van der Waals surface area contributed by atoms with Gasteiger partial charge >= 0.3 is 5.97 Å². The predicted octanol–water partition coefficient (Wildman–Crippen LogP) is 1.68. The van der Waals surface area contributed by atoms with Crippen molar-refractivity contribution in [3.8, 4) is 5.69 Å². The number of carboxylic acids is 1. The minimum absolute atomic E-state index is 0.0803. The van der Waals surface area contributed by atoms with Gasteiger partial charge in [0.05, 0.1) is 6.42 Å². The Bertz CT molecular complexity index is 576. The maximum absolute atomic E-state index is 11.8. The van der Waals surface area contributed by atoms with Crippen LogP contribution in [0.15, 0.2) is 48.8 Å². The van der Waals surface area contributed by atoms with Crippen LogP contribution in [0.1, 0.15) is 16.8 Å². The molecule has 0 aliphatic rings. The second-order valence-electron chi connectivity index (χ2n) is 4.04. The van der Waals surface area contributed by atoms with E-state index in [0.29, 0.717) is 5.56 Å². The molecule has 0 aliphatic heterocycles. The first kappa shape index (κ1) is 12.9. The highest BCUT2D eigenvalue weighted by atomic mass is 16.4. The summed E-state index contributed by atoms with van der Waals surface area (Å²) >= 11 is 0. The first-order valence-corrected chi connectivity index (χ1v) is 5.90. The van der Waals surface area contributed by atoms with Gasteiger partial charge in [0, 0.05) is 30.2 Å². The molecule has 1 aromatic heterocycles. The van der Waals surface area contributed by atoms with Crippen molar-refractivity contribution in [1.82, 2.24) is 9.88 Å². The molecule has 0 fully saturated rings. The van der Waals surface area contributed by atoms with Crippen molar-refractivity contribution in [3.05, 3.63) is 54.4 Å². The van der Waals surface area contributed by atoms with E-state index in [1.54, 1.807) is 18.2 Å². The second kappa shape index (κ2) is 5.86. The summed E-state index contributed by atoms with van der Waals surface area (Å²) in [4.78, 5) is 22.2. The number of nitrogens with zero attached hydrogens (tertiary/aromatic N) is 1. The van der Waals surface area contributed by atoms with Crippen LogP contribution in [0.5, 0.6) is 0 Å². The lowest BCUT2D eigenvalue weighted by Crippen LogP contribution is -2.26. The third-order valence-electron chi connectivity index (χ3n) is 2.64. The average Bonchev–Trinajstić information content (AvgIpc) is 2.92. The molecular formula is C14H14N2O3. The Hall–Kier alpha value is -2.56. The van der Waals surface area contributed by atoms with Crippen LogP contribution >= 0.6 is 0 Å². The molecule has 0 bridgehead atoms. The van der Waals surface area contributed by atoms with Crippen LogP contribution in [0.2, 0.25) is 0 Å². The van der Waals surface area contributed by atoms with E-state index in [9.17, 15) is 9.59 Å². The highest BCUT2D eigenvalue weighted by molar-refractivity contribution is 5.94. The number of carboxylic acid groups (broad SMARTS) is 1. The topological polar surface area (TPSA) is 71.3 Å². The van der Waals surface area contributed by atoms with E-state index in [4.69, 9.17) is 5.11 Å². The standard InChI is InChI=1S/C14H14N2O3/c17-13(18)6-7-15-14(19)11-4-3-5-12(10-11)16-8-1-2-9-16/h1-5,8-10H,6-7H2,(H,15,19)(H,17,18). The van der Waals surface area contributed by atoms with Gasteiger partial charge in [-0.3, -0.25) is 9.59 Å². The summed E-state index contributed by atoms with van der Waals surface area (Å²) in [5.41, 5.74) is 1.40. The predicted molar refractivity (Wildman–Crippen MR) is 70.4 cm³/mol. The van der Waals surface area contributed by atoms with Crippen molar-refractivity contribution in [3.63, 3.8) is 0 Å². The lowest BCUT2D eigenvalue weighted by Gasteiger charge is -2.07. The number of hydrogen-bond acceptors (Lipinski definition) is 2. The molecule has 1 amide bonds. The fourth-order valence-corrected chi connectivity index (χ4v) is 1.70. The maximum atomic E-state index is 11.8. The molecule has 0 aliphatic carbocycles. The third-order valence-corrected chi connectivity index (χ3v) is 2.64. The molecule has 1 heterocycles. The molecular weight excluding hydrogens is 244 g/mol. The van der Waals surface area contributed by atoms with Gasteiger partial charge in [-0.15, -0.1) is 0 Å². The number of aromatic nitrogens is 1. The van der Waals surface area contributed by atoms with Gasteiger partial charge in [-0.2, -0.15) is 0 Å². The highest BCUT2D eigenvalue weighted by Gasteiger charge is 2.07. The molecule has 0 radical (unpaired) electrons. The summed E-state index contributed by atoms with van der Waals surface area (Å²) in [7, 11) is 0. The van der Waals surface area contributed by atoms with Gasteiger partial charge in [0.25, 0.3) is 5.91 Å². The lowest BCUT2D eigenvalue weighted by atomic mass is 10.2. The number of carbonyl (C=O) groups excluding carboxylic acids is 1. The quantitative estimate of drug-likeness (QED) is 0.857. The van der Waals surface area contributed by atoms with Gasteiger partial charge in [-0.25, -0.2) is 0 Å². The first-order valence-electron chi connectivity index (χ1n) is 5.90. The van der Waals surface area contributed by atoms with E-state index >= 15 is 0 Å². The average molecular weight is 258 g/mol. The summed E-state index contributed by atoms with van der Waals surface area (Å²) in [6, 6.07) is 11.0. The Balaban J connectivity index is 2.06. The number of hydrogen-bond donors (Lipinski definition) is 2. The largest absolute Gasteiger partial charge is 0.481 e. The number of aliphatic carboxylic acids is 1. The first-order chi connectivity index (χ1) is 9.16. The Morgan fingerprint density at radius 1 is 1.16 bits per heavy atom. The number of nitrogens with one attached hydrogen (secondary N) is 1. The smallest absolute Gasteiger partial charge is 0.305 e. The van der Waals surface area contributed by atoms with Gasteiger partial charge < -0.3 is 15.0 Å². The maximum Gasteiger partial charge on any atom is 0.305 e. The van der Waals surface area contributed by atoms with E-state index in [-0.39, 0.29) is 18.9 Å².